The maximum Gasteiger partial charge on any atom is 0.335 e. The van der Waals surface area contributed by atoms with Crippen molar-refractivity contribution in [3.8, 4) is 5.69 Å². The molecule has 7 heteroatoms. The summed E-state index contributed by atoms with van der Waals surface area (Å²) in [5, 5.41) is 8.94. The summed E-state index contributed by atoms with van der Waals surface area (Å²) in [6.45, 7) is 0. The number of hydrogen-bond donors (Lipinski definition) is 1. The molecule has 21 heavy (non-hydrogen) atoms. The molecule has 0 aliphatic rings. The molecule has 2 aromatic carbocycles. The molecule has 3 rings (SSSR count). The van der Waals surface area contributed by atoms with E-state index in [4.69, 9.17) is 5.11 Å². The second-order valence-corrected chi connectivity index (χ2v) is 5.20. The van der Waals surface area contributed by atoms with Gasteiger partial charge in [0.1, 0.15) is 18.0 Å². The number of benzene rings is 2. The Hall–Kier alpha value is -2.28. The minimum Gasteiger partial charge on any atom is -0.478 e. The van der Waals surface area contributed by atoms with Crippen LogP contribution < -0.4 is 0 Å². The number of carboxylic acid groups (broad SMARTS) is 1. The van der Waals surface area contributed by atoms with Crippen LogP contribution in [0.2, 0.25) is 0 Å². The SMILES string of the molecule is O=C(O)c1ccc2c(c1)ncn2-c1cc(Br)c(F)cc1F. The molecule has 1 heterocycles. The molecule has 0 unspecified atom stereocenters. The largest absolute Gasteiger partial charge is 0.478 e. The summed E-state index contributed by atoms with van der Waals surface area (Å²) in [4.78, 5) is 15.0. The number of fused-ring (bicyclic) bond motifs is 1. The van der Waals surface area contributed by atoms with Gasteiger partial charge in [0.05, 0.1) is 26.8 Å². The Labute approximate surface area is 125 Å². The lowest BCUT2D eigenvalue weighted by Crippen LogP contribution is -1.99. The van der Waals surface area contributed by atoms with E-state index in [1.54, 1.807) is 0 Å². The van der Waals surface area contributed by atoms with E-state index in [2.05, 4.69) is 20.9 Å². The van der Waals surface area contributed by atoms with Gasteiger partial charge in [-0.15, -0.1) is 0 Å². The topological polar surface area (TPSA) is 55.1 Å². The second kappa shape index (κ2) is 4.92. The Morgan fingerprint density at radius 3 is 2.67 bits per heavy atom. The predicted molar refractivity (Wildman–Crippen MR) is 75.6 cm³/mol. The van der Waals surface area contributed by atoms with Crippen LogP contribution in [0.15, 0.2) is 41.1 Å². The van der Waals surface area contributed by atoms with Crippen LogP contribution >= 0.6 is 15.9 Å². The first-order valence-corrected chi connectivity index (χ1v) is 6.62. The van der Waals surface area contributed by atoms with Gasteiger partial charge in [0.25, 0.3) is 0 Å². The Bertz CT molecular complexity index is 877. The normalized spacial score (nSPS) is 11.0. The number of rotatable bonds is 2. The fraction of sp³-hybridized carbons (Fsp3) is 0. The first-order chi connectivity index (χ1) is 9.97. The molecule has 0 radical (unpaired) electrons. The van der Waals surface area contributed by atoms with E-state index in [-0.39, 0.29) is 15.7 Å². The zero-order valence-corrected chi connectivity index (χ0v) is 11.9. The summed E-state index contributed by atoms with van der Waals surface area (Å²) >= 11 is 3.01. The van der Waals surface area contributed by atoms with Crippen LogP contribution in [0.4, 0.5) is 8.78 Å². The van der Waals surface area contributed by atoms with Gasteiger partial charge >= 0.3 is 5.97 Å². The second-order valence-electron chi connectivity index (χ2n) is 4.34. The third kappa shape index (κ3) is 2.29. The molecule has 0 atom stereocenters. The van der Waals surface area contributed by atoms with Gasteiger partial charge < -0.3 is 5.11 Å². The Morgan fingerprint density at radius 2 is 1.95 bits per heavy atom. The van der Waals surface area contributed by atoms with E-state index in [0.717, 1.165) is 6.07 Å². The zero-order valence-electron chi connectivity index (χ0n) is 10.3. The summed E-state index contributed by atoms with van der Waals surface area (Å²) in [6, 6.07) is 6.40. The van der Waals surface area contributed by atoms with Crippen molar-refractivity contribution in [3.05, 3.63) is 58.3 Å². The Morgan fingerprint density at radius 1 is 1.19 bits per heavy atom. The Kier molecular flexibility index (Phi) is 3.21. The summed E-state index contributed by atoms with van der Waals surface area (Å²) in [7, 11) is 0. The van der Waals surface area contributed by atoms with Crippen molar-refractivity contribution >= 4 is 32.9 Å². The van der Waals surface area contributed by atoms with Gasteiger partial charge in [-0.1, -0.05) is 0 Å². The lowest BCUT2D eigenvalue weighted by atomic mass is 10.2. The average molecular weight is 353 g/mol. The van der Waals surface area contributed by atoms with Gasteiger partial charge in [-0.05, 0) is 40.2 Å². The molecule has 1 N–H and O–H groups in total. The highest BCUT2D eigenvalue weighted by molar-refractivity contribution is 9.10. The van der Waals surface area contributed by atoms with E-state index in [9.17, 15) is 13.6 Å². The lowest BCUT2D eigenvalue weighted by Gasteiger charge is -2.07. The third-order valence-corrected chi connectivity index (χ3v) is 3.65. The molecule has 0 aliphatic carbocycles. The number of halogens is 3. The van der Waals surface area contributed by atoms with Crippen LogP contribution in [0.3, 0.4) is 0 Å². The summed E-state index contributed by atoms with van der Waals surface area (Å²) in [6.07, 6.45) is 1.36. The summed E-state index contributed by atoms with van der Waals surface area (Å²) in [5.41, 5.74) is 1.15. The Balaban J connectivity index is 2.22. The molecule has 3 aromatic rings. The molecule has 106 valence electrons. The molecule has 0 fully saturated rings. The first-order valence-electron chi connectivity index (χ1n) is 5.82. The van der Waals surface area contributed by atoms with Crippen molar-refractivity contribution in [1.29, 1.82) is 0 Å². The van der Waals surface area contributed by atoms with Crippen LogP contribution in [0.25, 0.3) is 16.7 Å². The maximum atomic E-state index is 13.9. The molecule has 4 nitrogen and oxygen atoms in total. The number of carbonyl (C=O) groups is 1. The smallest absolute Gasteiger partial charge is 0.335 e. The highest BCUT2D eigenvalue weighted by Crippen LogP contribution is 2.26. The molecule has 0 spiro atoms. The van der Waals surface area contributed by atoms with Crippen molar-refractivity contribution in [3.63, 3.8) is 0 Å². The van der Waals surface area contributed by atoms with Crippen LogP contribution in [0.5, 0.6) is 0 Å². The van der Waals surface area contributed by atoms with Gasteiger partial charge in [0.15, 0.2) is 0 Å². The minimum atomic E-state index is -1.07. The average Bonchev–Trinajstić information content (AvgIpc) is 2.85. The van der Waals surface area contributed by atoms with E-state index in [1.807, 2.05) is 0 Å². The number of hydrogen-bond acceptors (Lipinski definition) is 2. The number of aromatic nitrogens is 2. The number of aromatic carboxylic acids is 1. The summed E-state index contributed by atoms with van der Waals surface area (Å²) in [5.74, 6) is -2.51. The van der Waals surface area contributed by atoms with Crippen molar-refractivity contribution in [2.24, 2.45) is 0 Å². The fourth-order valence-corrected chi connectivity index (χ4v) is 2.37. The summed E-state index contributed by atoms with van der Waals surface area (Å²) < 4.78 is 28.8. The zero-order chi connectivity index (χ0) is 15.1. The molecule has 0 bridgehead atoms. The third-order valence-electron chi connectivity index (χ3n) is 3.04. The maximum absolute atomic E-state index is 13.9. The van der Waals surface area contributed by atoms with Crippen LogP contribution in [0.1, 0.15) is 10.4 Å². The van der Waals surface area contributed by atoms with Gasteiger partial charge in [-0.3, -0.25) is 4.57 Å². The van der Waals surface area contributed by atoms with Crippen molar-refractivity contribution in [2.75, 3.05) is 0 Å². The number of imidazole rings is 1. The molecule has 0 amide bonds. The molecule has 1 aromatic heterocycles. The molecular formula is C14H7BrF2N2O2. The monoisotopic (exact) mass is 352 g/mol. The van der Waals surface area contributed by atoms with Crippen molar-refractivity contribution in [1.82, 2.24) is 9.55 Å². The van der Waals surface area contributed by atoms with E-state index in [1.165, 1.54) is 35.2 Å². The minimum absolute atomic E-state index is 0.0912. The number of nitrogens with zero attached hydrogens (tertiary/aromatic N) is 2. The molecule has 0 saturated carbocycles. The highest BCUT2D eigenvalue weighted by Gasteiger charge is 2.14. The quantitative estimate of drug-likeness (QED) is 0.714. The van der Waals surface area contributed by atoms with E-state index in [0.29, 0.717) is 11.0 Å². The first kappa shape index (κ1) is 13.7. The lowest BCUT2D eigenvalue weighted by molar-refractivity contribution is 0.0697. The molecule has 0 saturated heterocycles. The van der Waals surface area contributed by atoms with Crippen LogP contribution in [-0.2, 0) is 0 Å². The van der Waals surface area contributed by atoms with Crippen molar-refractivity contribution < 1.29 is 18.7 Å². The standard InChI is InChI=1S/C14H7BrF2N2O2/c15-8-4-13(10(17)5-9(8)16)19-6-18-11-3-7(14(20)21)1-2-12(11)19/h1-6H,(H,20,21). The van der Waals surface area contributed by atoms with Crippen LogP contribution in [0, 0.1) is 11.6 Å². The van der Waals surface area contributed by atoms with Crippen LogP contribution in [-0.4, -0.2) is 20.6 Å². The molecule has 0 aliphatic heterocycles. The van der Waals surface area contributed by atoms with Gasteiger partial charge in [-0.25, -0.2) is 18.6 Å². The fourth-order valence-electron chi connectivity index (χ4n) is 2.03. The predicted octanol–water partition coefficient (Wildman–Crippen LogP) is 3.76. The van der Waals surface area contributed by atoms with Gasteiger partial charge in [-0.2, -0.15) is 0 Å². The van der Waals surface area contributed by atoms with E-state index >= 15 is 0 Å². The van der Waals surface area contributed by atoms with Gasteiger partial charge in [0, 0.05) is 6.07 Å². The van der Waals surface area contributed by atoms with E-state index < -0.39 is 17.6 Å². The van der Waals surface area contributed by atoms with Gasteiger partial charge in [0.2, 0.25) is 0 Å². The molecular weight excluding hydrogens is 346 g/mol. The number of carboxylic acids is 1. The highest BCUT2D eigenvalue weighted by atomic mass is 79.9. The van der Waals surface area contributed by atoms with Crippen molar-refractivity contribution in [2.45, 2.75) is 0 Å².